The molecule has 0 aliphatic heterocycles. The maximum atomic E-state index is 10.6. The van der Waals surface area contributed by atoms with E-state index in [1.54, 1.807) is 19.9 Å². The second-order valence-electron chi connectivity index (χ2n) is 4.24. The molecular weight excluding hydrogens is 210 g/mol. The minimum Gasteiger partial charge on any atom is -0.496 e. The van der Waals surface area contributed by atoms with Crippen LogP contribution in [0.4, 0.5) is 5.69 Å². The minimum atomic E-state index is -0.928. The summed E-state index contributed by atoms with van der Waals surface area (Å²) >= 11 is 0. The maximum Gasteiger partial charge on any atom is 0.269 e. The highest BCUT2D eigenvalue weighted by Gasteiger charge is 2.19. The third kappa shape index (κ3) is 3.20. The SMILES string of the molecule is COc1ccc([N+](=O)[O-])cc1CC(C)(C)O. The van der Waals surface area contributed by atoms with Crippen molar-refractivity contribution in [2.45, 2.75) is 25.9 Å². The third-order valence-electron chi connectivity index (χ3n) is 2.10. The Bertz CT molecular complexity index is 395. The van der Waals surface area contributed by atoms with Gasteiger partial charge in [-0.05, 0) is 19.9 Å². The highest BCUT2D eigenvalue weighted by Crippen LogP contribution is 2.27. The number of ether oxygens (including phenoxy) is 1. The number of nitro benzene ring substituents is 1. The highest BCUT2D eigenvalue weighted by atomic mass is 16.6. The Balaban J connectivity index is 3.12. The van der Waals surface area contributed by atoms with Gasteiger partial charge in [-0.25, -0.2) is 0 Å². The molecule has 0 amide bonds. The number of rotatable bonds is 4. The first-order chi connectivity index (χ1) is 7.33. The zero-order valence-corrected chi connectivity index (χ0v) is 9.56. The predicted octanol–water partition coefficient (Wildman–Crippen LogP) is 1.92. The Morgan fingerprint density at radius 3 is 2.56 bits per heavy atom. The van der Waals surface area contributed by atoms with Crippen LogP contribution in [0.15, 0.2) is 18.2 Å². The molecule has 16 heavy (non-hydrogen) atoms. The fourth-order valence-corrected chi connectivity index (χ4v) is 1.48. The van der Waals surface area contributed by atoms with Crippen LogP contribution >= 0.6 is 0 Å². The summed E-state index contributed by atoms with van der Waals surface area (Å²) in [5.41, 5.74) is -0.299. The van der Waals surface area contributed by atoms with Crippen molar-refractivity contribution >= 4 is 5.69 Å². The summed E-state index contributed by atoms with van der Waals surface area (Å²) in [6, 6.07) is 4.35. The molecule has 0 aliphatic rings. The van der Waals surface area contributed by atoms with Crippen LogP contribution in [0.5, 0.6) is 5.75 Å². The van der Waals surface area contributed by atoms with Crippen LogP contribution in [0, 0.1) is 10.1 Å². The van der Waals surface area contributed by atoms with Crippen molar-refractivity contribution in [3.8, 4) is 5.75 Å². The number of nitro groups is 1. The number of hydrogen-bond donors (Lipinski definition) is 1. The lowest BCUT2D eigenvalue weighted by molar-refractivity contribution is -0.384. The van der Waals surface area contributed by atoms with Crippen LogP contribution in [-0.4, -0.2) is 22.7 Å². The van der Waals surface area contributed by atoms with Crippen molar-refractivity contribution in [3.63, 3.8) is 0 Å². The summed E-state index contributed by atoms with van der Waals surface area (Å²) in [5.74, 6) is 0.549. The van der Waals surface area contributed by atoms with Gasteiger partial charge < -0.3 is 9.84 Å². The van der Waals surface area contributed by atoms with E-state index in [9.17, 15) is 15.2 Å². The number of non-ortho nitro benzene ring substituents is 1. The van der Waals surface area contributed by atoms with Crippen molar-refractivity contribution in [2.24, 2.45) is 0 Å². The molecule has 0 saturated heterocycles. The summed E-state index contributed by atoms with van der Waals surface area (Å²) in [4.78, 5) is 10.2. The summed E-state index contributed by atoms with van der Waals surface area (Å²) in [7, 11) is 1.50. The normalized spacial score (nSPS) is 11.2. The molecule has 1 rings (SSSR count). The van der Waals surface area contributed by atoms with Crippen LogP contribution in [0.2, 0.25) is 0 Å². The van der Waals surface area contributed by atoms with E-state index < -0.39 is 10.5 Å². The lowest BCUT2D eigenvalue weighted by Gasteiger charge is -2.18. The van der Waals surface area contributed by atoms with Gasteiger partial charge in [0.1, 0.15) is 5.75 Å². The van der Waals surface area contributed by atoms with Gasteiger partial charge in [-0.3, -0.25) is 10.1 Å². The number of benzene rings is 1. The Kier molecular flexibility index (Phi) is 3.49. The lowest BCUT2D eigenvalue weighted by atomic mass is 9.97. The quantitative estimate of drug-likeness (QED) is 0.627. The zero-order chi connectivity index (χ0) is 12.3. The molecule has 0 unspecified atom stereocenters. The Morgan fingerprint density at radius 1 is 1.50 bits per heavy atom. The molecule has 5 heteroatoms. The number of aliphatic hydroxyl groups is 1. The summed E-state index contributed by atoms with van der Waals surface area (Å²) in [6.45, 7) is 3.29. The first-order valence-corrected chi connectivity index (χ1v) is 4.87. The average molecular weight is 225 g/mol. The summed E-state index contributed by atoms with van der Waals surface area (Å²) in [5, 5.41) is 20.3. The van der Waals surface area contributed by atoms with E-state index in [4.69, 9.17) is 4.74 Å². The molecule has 0 atom stereocenters. The van der Waals surface area contributed by atoms with Crippen LogP contribution in [0.25, 0.3) is 0 Å². The van der Waals surface area contributed by atoms with Gasteiger partial charge in [0.25, 0.3) is 5.69 Å². The average Bonchev–Trinajstić information content (AvgIpc) is 2.15. The van der Waals surface area contributed by atoms with E-state index in [1.807, 2.05) is 0 Å². The van der Waals surface area contributed by atoms with Crippen molar-refractivity contribution in [3.05, 3.63) is 33.9 Å². The van der Waals surface area contributed by atoms with E-state index in [2.05, 4.69) is 0 Å². The van der Waals surface area contributed by atoms with E-state index >= 15 is 0 Å². The van der Waals surface area contributed by atoms with Crippen molar-refractivity contribution in [1.82, 2.24) is 0 Å². The molecule has 5 nitrogen and oxygen atoms in total. The zero-order valence-electron chi connectivity index (χ0n) is 9.56. The minimum absolute atomic E-state index is 0.0000463. The number of nitrogens with zero attached hydrogens (tertiary/aromatic N) is 1. The van der Waals surface area contributed by atoms with Gasteiger partial charge in [0.2, 0.25) is 0 Å². The van der Waals surface area contributed by atoms with E-state index in [0.717, 1.165) is 0 Å². The van der Waals surface area contributed by atoms with Crippen LogP contribution in [0.1, 0.15) is 19.4 Å². The maximum absolute atomic E-state index is 10.6. The standard InChI is InChI=1S/C11H15NO4/c1-11(2,13)7-8-6-9(12(14)15)4-5-10(8)16-3/h4-6,13H,7H2,1-3H3. The molecule has 0 radical (unpaired) electrons. The molecule has 1 aromatic carbocycles. The second kappa shape index (κ2) is 4.49. The van der Waals surface area contributed by atoms with Crippen LogP contribution < -0.4 is 4.74 Å². The van der Waals surface area contributed by atoms with E-state index in [0.29, 0.717) is 17.7 Å². The van der Waals surface area contributed by atoms with Gasteiger partial charge in [-0.15, -0.1) is 0 Å². The van der Waals surface area contributed by atoms with Gasteiger partial charge in [0, 0.05) is 24.1 Å². The molecule has 0 aliphatic carbocycles. The monoisotopic (exact) mass is 225 g/mol. The van der Waals surface area contributed by atoms with E-state index in [1.165, 1.54) is 19.2 Å². The number of hydrogen-bond acceptors (Lipinski definition) is 4. The largest absolute Gasteiger partial charge is 0.496 e. The van der Waals surface area contributed by atoms with Gasteiger partial charge in [0.15, 0.2) is 0 Å². The molecular formula is C11H15NO4. The Hall–Kier alpha value is -1.62. The van der Waals surface area contributed by atoms with Gasteiger partial charge in [-0.1, -0.05) is 0 Å². The van der Waals surface area contributed by atoms with Crippen LogP contribution in [-0.2, 0) is 6.42 Å². The predicted molar refractivity (Wildman–Crippen MR) is 59.7 cm³/mol. The van der Waals surface area contributed by atoms with Gasteiger partial charge >= 0.3 is 0 Å². The summed E-state index contributed by atoms with van der Waals surface area (Å²) in [6.07, 6.45) is 0.303. The molecule has 0 aromatic heterocycles. The molecule has 0 saturated carbocycles. The molecule has 1 N–H and O–H groups in total. The molecule has 0 spiro atoms. The van der Waals surface area contributed by atoms with Crippen molar-refractivity contribution in [2.75, 3.05) is 7.11 Å². The smallest absolute Gasteiger partial charge is 0.269 e. The van der Waals surface area contributed by atoms with Crippen LogP contribution in [0.3, 0.4) is 0 Å². The first kappa shape index (κ1) is 12.4. The van der Waals surface area contributed by atoms with Crippen molar-refractivity contribution < 1.29 is 14.8 Å². The second-order valence-corrected chi connectivity index (χ2v) is 4.24. The fourth-order valence-electron chi connectivity index (χ4n) is 1.48. The fraction of sp³-hybridized carbons (Fsp3) is 0.455. The molecule has 0 fully saturated rings. The number of methoxy groups -OCH3 is 1. The highest BCUT2D eigenvalue weighted by molar-refractivity contribution is 5.44. The first-order valence-electron chi connectivity index (χ1n) is 4.87. The van der Waals surface area contributed by atoms with Crippen molar-refractivity contribution in [1.29, 1.82) is 0 Å². The summed E-state index contributed by atoms with van der Waals surface area (Å²) < 4.78 is 5.09. The Morgan fingerprint density at radius 2 is 2.12 bits per heavy atom. The molecule has 1 aromatic rings. The third-order valence-corrected chi connectivity index (χ3v) is 2.10. The molecule has 0 bridgehead atoms. The Labute approximate surface area is 93.8 Å². The molecule has 0 heterocycles. The lowest BCUT2D eigenvalue weighted by Crippen LogP contribution is -2.22. The van der Waals surface area contributed by atoms with E-state index in [-0.39, 0.29) is 5.69 Å². The molecule has 88 valence electrons. The van der Waals surface area contributed by atoms with Gasteiger partial charge in [0.05, 0.1) is 17.6 Å². The van der Waals surface area contributed by atoms with Gasteiger partial charge in [-0.2, -0.15) is 0 Å². The topological polar surface area (TPSA) is 72.6 Å².